The standard InChI is InChI=1S/C15H24N2O/c1-15(2,3)16-10-12-4-7-17(14(12)11-16)13-5-8-18-9-6-13/h4,7,13H,5-6,8-11H2,1-3H3. The number of ether oxygens (including phenoxy) is 1. The average Bonchev–Trinajstić information content (AvgIpc) is 2.88. The van der Waals surface area contributed by atoms with Crippen molar-refractivity contribution in [2.45, 2.75) is 58.3 Å². The van der Waals surface area contributed by atoms with Gasteiger partial charge in [0.15, 0.2) is 0 Å². The highest BCUT2D eigenvalue weighted by atomic mass is 16.5. The van der Waals surface area contributed by atoms with Crippen LogP contribution < -0.4 is 0 Å². The van der Waals surface area contributed by atoms with Crippen molar-refractivity contribution in [1.82, 2.24) is 9.47 Å². The fourth-order valence-electron chi connectivity index (χ4n) is 3.07. The third-order valence-electron chi connectivity index (χ3n) is 4.35. The molecule has 1 fully saturated rings. The van der Waals surface area contributed by atoms with E-state index in [-0.39, 0.29) is 5.54 Å². The van der Waals surface area contributed by atoms with Gasteiger partial charge in [-0.1, -0.05) is 0 Å². The van der Waals surface area contributed by atoms with Crippen LogP contribution in [0.2, 0.25) is 0 Å². The van der Waals surface area contributed by atoms with Crippen molar-refractivity contribution >= 4 is 0 Å². The summed E-state index contributed by atoms with van der Waals surface area (Å²) < 4.78 is 7.99. The highest BCUT2D eigenvalue weighted by Crippen LogP contribution is 2.33. The summed E-state index contributed by atoms with van der Waals surface area (Å²) in [6.07, 6.45) is 4.62. The SMILES string of the molecule is CC(C)(C)N1Cc2ccn(C3CCOCC3)c2C1. The number of rotatable bonds is 1. The third-order valence-corrected chi connectivity index (χ3v) is 4.35. The highest BCUT2D eigenvalue weighted by Gasteiger charge is 2.31. The van der Waals surface area contributed by atoms with Crippen LogP contribution in [0.15, 0.2) is 12.3 Å². The molecule has 2 aliphatic heterocycles. The maximum Gasteiger partial charge on any atom is 0.0485 e. The van der Waals surface area contributed by atoms with Crippen LogP contribution in [-0.2, 0) is 17.8 Å². The summed E-state index contributed by atoms with van der Waals surface area (Å²) in [5, 5.41) is 0. The maximum absolute atomic E-state index is 5.47. The zero-order valence-electron chi connectivity index (χ0n) is 11.8. The van der Waals surface area contributed by atoms with Crippen molar-refractivity contribution in [3.05, 3.63) is 23.5 Å². The van der Waals surface area contributed by atoms with Crippen LogP contribution in [0, 0.1) is 0 Å². The fraction of sp³-hybridized carbons (Fsp3) is 0.733. The van der Waals surface area contributed by atoms with Gasteiger partial charge in [0.1, 0.15) is 0 Å². The Balaban J connectivity index is 1.81. The molecule has 0 unspecified atom stereocenters. The Hall–Kier alpha value is -0.800. The van der Waals surface area contributed by atoms with E-state index in [1.54, 1.807) is 0 Å². The molecule has 1 aromatic heterocycles. The molecule has 0 atom stereocenters. The minimum atomic E-state index is 0.263. The number of aromatic nitrogens is 1. The van der Waals surface area contributed by atoms with Crippen molar-refractivity contribution in [2.75, 3.05) is 13.2 Å². The van der Waals surface area contributed by atoms with E-state index in [1.165, 1.54) is 11.3 Å². The van der Waals surface area contributed by atoms with Crippen molar-refractivity contribution in [3.63, 3.8) is 0 Å². The van der Waals surface area contributed by atoms with E-state index < -0.39 is 0 Å². The van der Waals surface area contributed by atoms with E-state index in [0.717, 1.165) is 39.1 Å². The Morgan fingerprint density at radius 1 is 1.17 bits per heavy atom. The normalized spacial score (nSPS) is 22.4. The molecule has 0 aliphatic carbocycles. The van der Waals surface area contributed by atoms with E-state index in [0.29, 0.717) is 6.04 Å². The van der Waals surface area contributed by atoms with Gasteiger partial charge in [-0.2, -0.15) is 0 Å². The predicted octanol–water partition coefficient (Wildman–Crippen LogP) is 2.95. The Morgan fingerprint density at radius 3 is 2.56 bits per heavy atom. The van der Waals surface area contributed by atoms with E-state index in [4.69, 9.17) is 4.74 Å². The lowest BCUT2D eigenvalue weighted by Gasteiger charge is -2.32. The number of hydrogen-bond donors (Lipinski definition) is 0. The molecule has 0 aromatic carbocycles. The minimum absolute atomic E-state index is 0.263. The van der Waals surface area contributed by atoms with E-state index in [1.807, 2.05) is 0 Å². The van der Waals surface area contributed by atoms with E-state index in [2.05, 4.69) is 42.5 Å². The first-order chi connectivity index (χ1) is 8.55. The molecule has 0 N–H and O–H groups in total. The van der Waals surface area contributed by atoms with Gasteiger partial charge in [-0.05, 0) is 45.2 Å². The summed E-state index contributed by atoms with van der Waals surface area (Å²) in [4.78, 5) is 2.56. The van der Waals surface area contributed by atoms with Crippen LogP contribution in [0.5, 0.6) is 0 Å². The lowest BCUT2D eigenvalue weighted by Crippen LogP contribution is -2.37. The van der Waals surface area contributed by atoms with Crippen LogP contribution in [0.25, 0.3) is 0 Å². The molecular formula is C15H24N2O. The van der Waals surface area contributed by atoms with E-state index >= 15 is 0 Å². The second-order valence-corrected chi connectivity index (χ2v) is 6.57. The zero-order chi connectivity index (χ0) is 12.8. The molecule has 100 valence electrons. The van der Waals surface area contributed by atoms with Gasteiger partial charge in [0.05, 0.1) is 0 Å². The van der Waals surface area contributed by atoms with Gasteiger partial charge in [-0.15, -0.1) is 0 Å². The predicted molar refractivity (Wildman–Crippen MR) is 72.5 cm³/mol. The Labute approximate surface area is 110 Å². The summed E-state index contributed by atoms with van der Waals surface area (Å²) in [6, 6.07) is 2.97. The van der Waals surface area contributed by atoms with Crippen molar-refractivity contribution in [2.24, 2.45) is 0 Å². The molecule has 3 nitrogen and oxygen atoms in total. The molecule has 18 heavy (non-hydrogen) atoms. The van der Waals surface area contributed by atoms with Gasteiger partial charge in [-0.25, -0.2) is 0 Å². The monoisotopic (exact) mass is 248 g/mol. The highest BCUT2D eigenvalue weighted by molar-refractivity contribution is 5.27. The maximum atomic E-state index is 5.47. The van der Waals surface area contributed by atoms with E-state index in [9.17, 15) is 0 Å². The average molecular weight is 248 g/mol. The van der Waals surface area contributed by atoms with Crippen molar-refractivity contribution in [3.8, 4) is 0 Å². The van der Waals surface area contributed by atoms with Crippen LogP contribution >= 0.6 is 0 Å². The number of nitrogens with zero attached hydrogens (tertiary/aromatic N) is 2. The summed E-state index contributed by atoms with van der Waals surface area (Å²) >= 11 is 0. The Morgan fingerprint density at radius 2 is 1.89 bits per heavy atom. The van der Waals surface area contributed by atoms with Crippen molar-refractivity contribution in [1.29, 1.82) is 0 Å². The molecule has 0 spiro atoms. The third kappa shape index (κ3) is 2.10. The lowest BCUT2D eigenvalue weighted by atomic mass is 10.1. The summed E-state index contributed by atoms with van der Waals surface area (Å²) in [7, 11) is 0. The second kappa shape index (κ2) is 4.39. The molecule has 3 rings (SSSR count). The molecule has 0 saturated carbocycles. The van der Waals surface area contributed by atoms with Gasteiger partial charge < -0.3 is 9.30 Å². The van der Waals surface area contributed by atoms with Crippen LogP contribution in [-0.4, -0.2) is 28.2 Å². The zero-order valence-corrected chi connectivity index (χ0v) is 11.8. The number of fused-ring (bicyclic) bond motifs is 1. The summed E-state index contributed by atoms with van der Waals surface area (Å²) in [5.74, 6) is 0. The van der Waals surface area contributed by atoms with Gasteiger partial charge in [-0.3, -0.25) is 4.90 Å². The summed E-state index contributed by atoms with van der Waals surface area (Å²) in [5.41, 5.74) is 3.33. The molecule has 3 heterocycles. The molecule has 0 bridgehead atoms. The first-order valence-electron chi connectivity index (χ1n) is 7.07. The molecule has 0 amide bonds. The minimum Gasteiger partial charge on any atom is -0.381 e. The van der Waals surface area contributed by atoms with Gasteiger partial charge in [0.2, 0.25) is 0 Å². The Kier molecular flexibility index (Phi) is 2.99. The molecular weight excluding hydrogens is 224 g/mol. The first-order valence-corrected chi connectivity index (χ1v) is 7.07. The molecule has 2 aliphatic rings. The second-order valence-electron chi connectivity index (χ2n) is 6.57. The largest absolute Gasteiger partial charge is 0.381 e. The quantitative estimate of drug-likeness (QED) is 0.760. The molecule has 0 radical (unpaired) electrons. The molecule has 1 saturated heterocycles. The van der Waals surface area contributed by atoms with Crippen LogP contribution in [0.3, 0.4) is 0 Å². The molecule has 1 aromatic rings. The lowest BCUT2D eigenvalue weighted by molar-refractivity contribution is 0.0677. The first kappa shape index (κ1) is 12.2. The van der Waals surface area contributed by atoms with Crippen LogP contribution in [0.1, 0.15) is 50.9 Å². The Bertz CT molecular complexity index is 424. The smallest absolute Gasteiger partial charge is 0.0485 e. The number of hydrogen-bond acceptors (Lipinski definition) is 2. The van der Waals surface area contributed by atoms with Crippen molar-refractivity contribution < 1.29 is 4.74 Å². The topological polar surface area (TPSA) is 17.4 Å². The van der Waals surface area contributed by atoms with Gasteiger partial charge in [0, 0.05) is 49.8 Å². The summed E-state index contributed by atoms with van der Waals surface area (Å²) in [6.45, 7) is 11.0. The van der Waals surface area contributed by atoms with Gasteiger partial charge in [0.25, 0.3) is 0 Å². The fourth-order valence-corrected chi connectivity index (χ4v) is 3.07. The van der Waals surface area contributed by atoms with Crippen LogP contribution in [0.4, 0.5) is 0 Å². The molecule has 3 heteroatoms. The van der Waals surface area contributed by atoms with Gasteiger partial charge >= 0.3 is 0 Å².